The predicted octanol–water partition coefficient (Wildman–Crippen LogP) is 3.07. The van der Waals surface area contributed by atoms with Gasteiger partial charge in [-0.1, -0.05) is 26.2 Å². The molecule has 1 aliphatic rings. The lowest BCUT2D eigenvalue weighted by molar-refractivity contribution is -0.134. The number of unbranched alkanes of at least 4 members (excludes halogenated alkanes) is 1. The first-order valence-electron chi connectivity index (χ1n) is 6.36. The van der Waals surface area contributed by atoms with Gasteiger partial charge < -0.3 is 4.90 Å². The van der Waals surface area contributed by atoms with Gasteiger partial charge in [0.25, 0.3) is 0 Å². The van der Waals surface area contributed by atoms with E-state index < -0.39 is 0 Å². The van der Waals surface area contributed by atoms with Crippen LogP contribution in [0.2, 0.25) is 0 Å². The van der Waals surface area contributed by atoms with Crippen LogP contribution in [0.4, 0.5) is 0 Å². The monoisotopic (exact) mass is 211 g/mol. The second-order valence-corrected chi connectivity index (χ2v) is 5.09. The van der Waals surface area contributed by atoms with Crippen molar-refractivity contribution in [3.05, 3.63) is 0 Å². The second kappa shape index (κ2) is 6.14. The zero-order valence-electron chi connectivity index (χ0n) is 10.5. The van der Waals surface area contributed by atoms with Crippen LogP contribution >= 0.6 is 0 Å². The Labute approximate surface area is 94.0 Å². The van der Waals surface area contributed by atoms with E-state index in [2.05, 4.69) is 6.92 Å². The molecule has 1 saturated carbocycles. The number of amides is 1. The maximum absolute atomic E-state index is 11.7. The van der Waals surface area contributed by atoms with Crippen LogP contribution in [0.3, 0.4) is 0 Å². The summed E-state index contributed by atoms with van der Waals surface area (Å²) in [6.45, 7) is 2.25. The Morgan fingerprint density at radius 1 is 1.20 bits per heavy atom. The number of nitrogens with zero attached hydrogens (tertiary/aromatic N) is 1. The molecule has 0 N–H and O–H groups in total. The molecule has 0 aromatic heterocycles. The number of rotatable bonds is 4. The molecule has 2 heteroatoms. The van der Waals surface area contributed by atoms with E-state index in [1.54, 1.807) is 4.90 Å². The highest BCUT2D eigenvalue weighted by molar-refractivity contribution is 5.78. The SMILES string of the molecule is CCCCC1CCC(C(=O)N(C)C)CC1. The van der Waals surface area contributed by atoms with E-state index in [0.29, 0.717) is 11.8 Å². The molecule has 0 atom stereocenters. The molecule has 0 bridgehead atoms. The van der Waals surface area contributed by atoms with Crippen molar-refractivity contribution in [3.63, 3.8) is 0 Å². The quantitative estimate of drug-likeness (QED) is 0.700. The molecular formula is C13H25NO. The number of carbonyl (C=O) groups excluding carboxylic acids is 1. The molecule has 15 heavy (non-hydrogen) atoms. The number of hydrogen-bond donors (Lipinski definition) is 0. The van der Waals surface area contributed by atoms with Crippen molar-refractivity contribution in [1.82, 2.24) is 4.90 Å². The minimum absolute atomic E-state index is 0.317. The van der Waals surface area contributed by atoms with Crippen molar-refractivity contribution in [2.45, 2.75) is 51.9 Å². The summed E-state index contributed by atoms with van der Waals surface area (Å²) >= 11 is 0. The van der Waals surface area contributed by atoms with Crippen molar-refractivity contribution in [3.8, 4) is 0 Å². The van der Waals surface area contributed by atoms with Gasteiger partial charge in [0, 0.05) is 20.0 Å². The number of hydrogen-bond acceptors (Lipinski definition) is 1. The van der Waals surface area contributed by atoms with Crippen LogP contribution in [0.5, 0.6) is 0 Å². The van der Waals surface area contributed by atoms with Gasteiger partial charge in [-0.3, -0.25) is 4.79 Å². The summed E-state index contributed by atoms with van der Waals surface area (Å²) < 4.78 is 0. The Balaban J connectivity index is 2.26. The average Bonchev–Trinajstić information content (AvgIpc) is 2.26. The summed E-state index contributed by atoms with van der Waals surface area (Å²) in [6.07, 6.45) is 8.80. The van der Waals surface area contributed by atoms with Gasteiger partial charge in [0.1, 0.15) is 0 Å². The van der Waals surface area contributed by atoms with Crippen molar-refractivity contribution < 1.29 is 4.79 Å². The molecule has 0 aromatic carbocycles. The van der Waals surface area contributed by atoms with Gasteiger partial charge in [-0.25, -0.2) is 0 Å². The molecule has 0 spiro atoms. The second-order valence-electron chi connectivity index (χ2n) is 5.09. The zero-order chi connectivity index (χ0) is 11.3. The molecule has 0 unspecified atom stereocenters. The van der Waals surface area contributed by atoms with E-state index in [-0.39, 0.29) is 0 Å². The smallest absolute Gasteiger partial charge is 0.225 e. The van der Waals surface area contributed by atoms with Crippen LogP contribution in [-0.2, 0) is 4.79 Å². The lowest BCUT2D eigenvalue weighted by Gasteiger charge is -2.29. The van der Waals surface area contributed by atoms with Gasteiger partial charge in [0.05, 0.1) is 0 Å². The third-order valence-corrected chi connectivity index (χ3v) is 3.60. The molecule has 0 aromatic rings. The highest BCUT2D eigenvalue weighted by Crippen LogP contribution is 2.32. The van der Waals surface area contributed by atoms with Gasteiger partial charge in [-0.2, -0.15) is 0 Å². The predicted molar refractivity (Wildman–Crippen MR) is 63.7 cm³/mol. The Morgan fingerprint density at radius 3 is 2.27 bits per heavy atom. The molecule has 88 valence electrons. The van der Waals surface area contributed by atoms with Gasteiger partial charge in [-0.15, -0.1) is 0 Å². The lowest BCUT2D eigenvalue weighted by atomic mass is 9.79. The van der Waals surface area contributed by atoms with Crippen LogP contribution in [0.25, 0.3) is 0 Å². The molecule has 1 rings (SSSR count). The average molecular weight is 211 g/mol. The third-order valence-electron chi connectivity index (χ3n) is 3.60. The molecule has 0 aliphatic heterocycles. The largest absolute Gasteiger partial charge is 0.349 e. The summed E-state index contributed by atoms with van der Waals surface area (Å²) in [5, 5.41) is 0. The van der Waals surface area contributed by atoms with E-state index in [1.165, 1.54) is 32.1 Å². The summed E-state index contributed by atoms with van der Waals surface area (Å²) in [7, 11) is 3.73. The van der Waals surface area contributed by atoms with Crippen molar-refractivity contribution in [2.75, 3.05) is 14.1 Å². The van der Waals surface area contributed by atoms with Gasteiger partial charge in [0.2, 0.25) is 5.91 Å². The van der Waals surface area contributed by atoms with Gasteiger partial charge in [0.15, 0.2) is 0 Å². The van der Waals surface area contributed by atoms with Crippen LogP contribution in [-0.4, -0.2) is 24.9 Å². The topological polar surface area (TPSA) is 20.3 Å². The summed E-state index contributed by atoms with van der Waals surface area (Å²) in [5.41, 5.74) is 0. The molecule has 1 amide bonds. The van der Waals surface area contributed by atoms with Crippen molar-refractivity contribution >= 4 is 5.91 Å². The van der Waals surface area contributed by atoms with E-state index in [4.69, 9.17) is 0 Å². The zero-order valence-corrected chi connectivity index (χ0v) is 10.5. The normalized spacial score (nSPS) is 26.3. The molecule has 1 fully saturated rings. The lowest BCUT2D eigenvalue weighted by Crippen LogP contribution is -2.32. The highest BCUT2D eigenvalue weighted by Gasteiger charge is 2.26. The summed E-state index contributed by atoms with van der Waals surface area (Å²) in [4.78, 5) is 13.5. The summed E-state index contributed by atoms with van der Waals surface area (Å²) in [5.74, 6) is 1.55. The Hall–Kier alpha value is -0.530. The fourth-order valence-electron chi connectivity index (χ4n) is 2.56. The van der Waals surface area contributed by atoms with Crippen LogP contribution in [0.15, 0.2) is 0 Å². The number of carbonyl (C=O) groups is 1. The van der Waals surface area contributed by atoms with Crippen molar-refractivity contribution in [2.24, 2.45) is 11.8 Å². The van der Waals surface area contributed by atoms with E-state index in [1.807, 2.05) is 14.1 Å². The maximum Gasteiger partial charge on any atom is 0.225 e. The van der Waals surface area contributed by atoms with Crippen LogP contribution in [0.1, 0.15) is 51.9 Å². The fraction of sp³-hybridized carbons (Fsp3) is 0.923. The fourth-order valence-corrected chi connectivity index (χ4v) is 2.56. The molecule has 0 saturated heterocycles. The molecule has 0 heterocycles. The highest BCUT2D eigenvalue weighted by atomic mass is 16.2. The minimum Gasteiger partial charge on any atom is -0.349 e. The van der Waals surface area contributed by atoms with Crippen LogP contribution < -0.4 is 0 Å². The minimum atomic E-state index is 0.317. The molecular weight excluding hydrogens is 186 g/mol. The standard InChI is InChI=1S/C13H25NO/c1-4-5-6-11-7-9-12(10-8-11)13(15)14(2)3/h11-12H,4-10H2,1-3H3. The third kappa shape index (κ3) is 3.84. The van der Waals surface area contributed by atoms with E-state index in [0.717, 1.165) is 18.8 Å². The molecule has 1 aliphatic carbocycles. The first-order valence-corrected chi connectivity index (χ1v) is 6.36. The first-order chi connectivity index (χ1) is 7.15. The van der Waals surface area contributed by atoms with Crippen LogP contribution in [0, 0.1) is 11.8 Å². The molecule has 0 radical (unpaired) electrons. The van der Waals surface area contributed by atoms with E-state index in [9.17, 15) is 4.79 Å². The van der Waals surface area contributed by atoms with Gasteiger partial charge in [-0.05, 0) is 31.6 Å². The Bertz CT molecular complexity index is 193. The molecule has 2 nitrogen and oxygen atoms in total. The van der Waals surface area contributed by atoms with Gasteiger partial charge >= 0.3 is 0 Å². The maximum atomic E-state index is 11.7. The van der Waals surface area contributed by atoms with E-state index >= 15 is 0 Å². The summed E-state index contributed by atoms with van der Waals surface area (Å²) in [6, 6.07) is 0. The first kappa shape index (κ1) is 12.5. The Morgan fingerprint density at radius 2 is 1.80 bits per heavy atom. The Kier molecular flexibility index (Phi) is 5.13. The van der Waals surface area contributed by atoms with Crippen molar-refractivity contribution in [1.29, 1.82) is 0 Å².